The fourth-order valence-corrected chi connectivity index (χ4v) is 2.77. The van der Waals surface area contributed by atoms with E-state index in [0.29, 0.717) is 23.2 Å². The van der Waals surface area contributed by atoms with Crippen molar-refractivity contribution in [2.75, 3.05) is 5.32 Å². The van der Waals surface area contributed by atoms with Gasteiger partial charge in [0, 0.05) is 18.4 Å². The van der Waals surface area contributed by atoms with Gasteiger partial charge < -0.3 is 10.6 Å². The fourth-order valence-electron chi connectivity index (χ4n) is 2.42. The molecule has 3 rings (SSSR count). The molecule has 0 spiro atoms. The minimum absolute atomic E-state index is 0.597. The maximum Gasteiger partial charge on any atom is 0.171 e. The summed E-state index contributed by atoms with van der Waals surface area (Å²) in [4.78, 5) is 0. The Morgan fingerprint density at radius 2 is 1.96 bits per heavy atom. The zero-order valence-corrected chi connectivity index (χ0v) is 15.4. The van der Waals surface area contributed by atoms with Crippen LogP contribution in [-0.2, 0) is 13.1 Å². The number of thiocarbonyl (C=S) groups is 1. The van der Waals surface area contributed by atoms with Crippen LogP contribution in [0.4, 0.5) is 5.69 Å². The molecule has 4 nitrogen and oxygen atoms in total. The summed E-state index contributed by atoms with van der Waals surface area (Å²) in [5, 5.41) is 11.9. The largest absolute Gasteiger partial charge is 0.358 e. The molecule has 0 aliphatic rings. The number of nitrogens with zero attached hydrogens (tertiary/aromatic N) is 2. The molecule has 6 heteroatoms. The zero-order chi connectivity index (χ0) is 17.6. The van der Waals surface area contributed by atoms with Gasteiger partial charge in [-0.1, -0.05) is 53.6 Å². The van der Waals surface area contributed by atoms with Crippen LogP contribution in [0.25, 0.3) is 0 Å². The molecule has 0 radical (unpaired) electrons. The van der Waals surface area contributed by atoms with Crippen LogP contribution >= 0.6 is 23.8 Å². The van der Waals surface area contributed by atoms with Gasteiger partial charge in [-0.15, -0.1) is 0 Å². The van der Waals surface area contributed by atoms with Crippen molar-refractivity contribution in [3.05, 3.63) is 82.6 Å². The van der Waals surface area contributed by atoms with Crippen LogP contribution in [0.1, 0.15) is 16.7 Å². The second-order valence-electron chi connectivity index (χ2n) is 5.85. The highest BCUT2D eigenvalue weighted by Crippen LogP contribution is 2.13. The van der Waals surface area contributed by atoms with Crippen LogP contribution in [0.2, 0.25) is 5.02 Å². The zero-order valence-electron chi connectivity index (χ0n) is 13.9. The Hall–Kier alpha value is -2.37. The summed E-state index contributed by atoms with van der Waals surface area (Å²) in [5.41, 5.74) is 4.50. The van der Waals surface area contributed by atoms with Gasteiger partial charge in [-0.25, -0.2) is 0 Å². The third kappa shape index (κ3) is 5.31. The maximum atomic E-state index is 5.90. The van der Waals surface area contributed by atoms with Crippen LogP contribution in [-0.4, -0.2) is 14.9 Å². The lowest BCUT2D eigenvalue weighted by atomic mass is 10.1. The van der Waals surface area contributed by atoms with E-state index < -0.39 is 0 Å². The molecule has 0 unspecified atom stereocenters. The first-order chi connectivity index (χ1) is 12.1. The van der Waals surface area contributed by atoms with Gasteiger partial charge in [0.05, 0.1) is 17.8 Å². The Balaban J connectivity index is 1.55. The lowest BCUT2D eigenvalue weighted by Gasteiger charge is -2.12. The number of benzene rings is 2. The Bertz CT molecular complexity index is 858. The molecule has 0 saturated heterocycles. The molecule has 1 heterocycles. The van der Waals surface area contributed by atoms with Gasteiger partial charge in [-0.2, -0.15) is 5.10 Å². The lowest BCUT2D eigenvalue weighted by Crippen LogP contribution is -2.27. The predicted molar refractivity (Wildman–Crippen MR) is 107 cm³/mol. The summed E-state index contributed by atoms with van der Waals surface area (Å²) in [6.07, 6.45) is 3.43. The quantitative estimate of drug-likeness (QED) is 0.654. The first kappa shape index (κ1) is 17.5. The summed E-state index contributed by atoms with van der Waals surface area (Å²) in [6.45, 7) is 3.43. The standard InChI is InChI=1S/C19H19ClN4S/c1-14-5-7-15(8-6-14)10-21-19(25)23-18-4-2-3-16(9-18)12-24-13-17(20)11-22-24/h2-9,11,13H,10,12H2,1H3,(H2,21,23,25). The first-order valence-corrected chi connectivity index (χ1v) is 8.74. The molecular weight excluding hydrogens is 352 g/mol. The topological polar surface area (TPSA) is 41.9 Å². The predicted octanol–water partition coefficient (Wildman–Crippen LogP) is 4.38. The van der Waals surface area contributed by atoms with Crippen molar-refractivity contribution >= 4 is 34.6 Å². The number of rotatable bonds is 5. The first-order valence-electron chi connectivity index (χ1n) is 7.96. The Morgan fingerprint density at radius 1 is 1.16 bits per heavy atom. The normalized spacial score (nSPS) is 10.5. The van der Waals surface area contributed by atoms with Gasteiger partial charge >= 0.3 is 0 Å². The summed E-state index contributed by atoms with van der Waals surface area (Å²) in [6, 6.07) is 16.5. The minimum Gasteiger partial charge on any atom is -0.358 e. The van der Waals surface area contributed by atoms with Crippen molar-refractivity contribution in [2.45, 2.75) is 20.0 Å². The molecule has 0 aliphatic carbocycles. The smallest absolute Gasteiger partial charge is 0.171 e. The monoisotopic (exact) mass is 370 g/mol. The maximum absolute atomic E-state index is 5.90. The Morgan fingerprint density at radius 3 is 2.68 bits per heavy atom. The number of hydrogen-bond acceptors (Lipinski definition) is 2. The summed E-state index contributed by atoms with van der Waals surface area (Å²) < 4.78 is 1.80. The average Bonchev–Trinajstić information content (AvgIpc) is 2.99. The van der Waals surface area contributed by atoms with Crippen molar-refractivity contribution in [2.24, 2.45) is 0 Å². The van der Waals surface area contributed by atoms with Gasteiger partial charge in [-0.05, 0) is 42.4 Å². The molecule has 1 aromatic heterocycles. The van der Waals surface area contributed by atoms with Crippen molar-refractivity contribution in [1.29, 1.82) is 0 Å². The Labute approximate surface area is 157 Å². The van der Waals surface area contributed by atoms with E-state index in [9.17, 15) is 0 Å². The van der Waals surface area contributed by atoms with Gasteiger partial charge in [0.1, 0.15) is 0 Å². The van der Waals surface area contributed by atoms with E-state index in [2.05, 4.69) is 53.0 Å². The summed E-state index contributed by atoms with van der Waals surface area (Å²) in [7, 11) is 0. The number of halogens is 1. The van der Waals surface area contributed by atoms with E-state index in [1.807, 2.05) is 18.2 Å². The van der Waals surface area contributed by atoms with Crippen molar-refractivity contribution in [3.8, 4) is 0 Å². The molecule has 3 aromatic rings. The summed E-state index contributed by atoms with van der Waals surface area (Å²) >= 11 is 11.3. The molecule has 0 bridgehead atoms. The average molecular weight is 371 g/mol. The van der Waals surface area contributed by atoms with Crippen LogP contribution in [0, 0.1) is 6.92 Å². The highest BCUT2D eigenvalue weighted by atomic mass is 35.5. The van der Waals surface area contributed by atoms with Crippen molar-refractivity contribution in [1.82, 2.24) is 15.1 Å². The van der Waals surface area contributed by atoms with E-state index in [1.165, 1.54) is 11.1 Å². The van der Waals surface area contributed by atoms with Gasteiger partial charge in [-0.3, -0.25) is 4.68 Å². The van der Waals surface area contributed by atoms with Gasteiger partial charge in [0.2, 0.25) is 0 Å². The highest BCUT2D eigenvalue weighted by molar-refractivity contribution is 7.80. The molecule has 2 aromatic carbocycles. The number of anilines is 1. The second kappa shape index (κ2) is 8.14. The molecular formula is C19H19ClN4S. The SMILES string of the molecule is Cc1ccc(CNC(=S)Nc2cccc(Cn3cc(Cl)cn3)c2)cc1. The van der Waals surface area contributed by atoms with Crippen LogP contribution < -0.4 is 10.6 Å². The van der Waals surface area contributed by atoms with Crippen molar-refractivity contribution in [3.63, 3.8) is 0 Å². The van der Waals surface area contributed by atoms with Crippen LogP contribution in [0.3, 0.4) is 0 Å². The van der Waals surface area contributed by atoms with E-state index in [4.69, 9.17) is 23.8 Å². The minimum atomic E-state index is 0.597. The van der Waals surface area contributed by atoms with Gasteiger partial charge in [0.25, 0.3) is 0 Å². The van der Waals surface area contributed by atoms with Crippen LogP contribution in [0.15, 0.2) is 60.9 Å². The molecule has 2 N–H and O–H groups in total. The number of aryl methyl sites for hydroxylation is 1. The number of aromatic nitrogens is 2. The summed E-state index contributed by atoms with van der Waals surface area (Å²) in [5.74, 6) is 0. The Kier molecular flexibility index (Phi) is 5.68. The highest BCUT2D eigenvalue weighted by Gasteiger charge is 2.02. The third-order valence-corrected chi connectivity index (χ3v) is 4.15. The van der Waals surface area contributed by atoms with Gasteiger partial charge in [0.15, 0.2) is 5.11 Å². The number of nitrogens with one attached hydrogen (secondary N) is 2. The van der Waals surface area contributed by atoms with E-state index >= 15 is 0 Å². The third-order valence-electron chi connectivity index (χ3n) is 3.70. The molecule has 0 fully saturated rings. The molecule has 0 saturated carbocycles. The van der Waals surface area contributed by atoms with Crippen LogP contribution in [0.5, 0.6) is 0 Å². The lowest BCUT2D eigenvalue weighted by molar-refractivity contribution is 0.687. The molecule has 0 amide bonds. The number of hydrogen-bond donors (Lipinski definition) is 2. The molecule has 128 valence electrons. The van der Waals surface area contributed by atoms with E-state index in [1.54, 1.807) is 17.1 Å². The molecule has 25 heavy (non-hydrogen) atoms. The van der Waals surface area contributed by atoms with Crippen molar-refractivity contribution < 1.29 is 0 Å². The fraction of sp³-hybridized carbons (Fsp3) is 0.158. The van der Waals surface area contributed by atoms with E-state index in [0.717, 1.165) is 11.3 Å². The molecule has 0 aliphatic heterocycles. The van der Waals surface area contributed by atoms with E-state index in [-0.39, 0.29) is 0 Å². The molecule has 0 atom stereocenters. The second-order valence-corrected chi connectivity index (χ2v) is 6.69.